The normalized spacial score (nSPS) is 12.9. The van der Waals surface area contributed by atoms with Crippen molar-refractivity contribution in [3.05, 3.63) is 65.2 Å². The molecule has 1 amide bonds. The molecule has 0 unspecified atom stereocenters. The highest BCUT2D eigenvalue weighted by molar-refractivity contribution is 7.99. The second-order valence-electron chi connectivity index (χ2n) is 8.23. The van der Waals surface area contributed by atoms with Gasteiger partial charge in [-0.2, -0.15) is 5.26 Å². The summed E-state index contributed by atoms with van der Waals surface area (Å²) in [6.07, 6.45) is 5.48. The van der Waals surface area contributed by atoms with E-state index in [0.717, 1.165) is 54.0 Å². The Morgan fingerprint density at radius 3 is 2.74 bits per heavy atom. The number of nitrogens with one attached hydrogen (secondary N) is 1. The largest absolute Gasteiger partial charge is 0.469 e. The van der Waals surface area contributed by atoms with E-state index in [4.69, 9.17) is 4.42 Å². The molecule has 5 rings (SSSR count). The molecule has 172 valence electrons. The lowest BCUT2D eigenvalue weighted by Gasteiger charge is -2.17. The number of anilines is 1. The lowest BCUT2D eigenvalue weighted by atomic mass is 9.95. The van der Waals surface area contributed by atoms with Crippen LogP contribution in [0, 0.1) is 18.3 Å². The number of para-hydroxylation sites is 1. The summed E-state index contributed by atoms with van der Waals surface area (Å²) in [6.45, 7) is 1.87. The van der Waals surface area contributed by atoms with Crippen molar-refractivity contribution in [1.29, 1.82) is 5.26 Å². The molecule has 0 atom stereocenters. The van der Waals surface area contributed by atoms with Gasteiger partial charge in [-0.05, 0) is 56.4 Å². The topological polar surface area (TPSA) is 102 Å². The van der Waals surface area contributed by atoms with Gasteiger partial charge in [0.15, 0.2) is 11.0 Å². The number of carbonyl (C=O) groups excluding carboxylic acids is 1. The zero-order chi connectivity index (χ0) is 23.7. The number of fused-ring (bicyclic) bond motifs is 1. The van der Waals surface area contributed by atoms with Crippen LogP contribution >= 0.6 is 11.8 Å². The molecule has 3 aromatic heterocycles. The standard InChI is InChI=1S/C25H24N6O2S/c1-16-18(12-13-33-16)24-28-29-25(30(24)2)34-15-22(32)27-23-20(14-26)19-10-6-7-11-21(19)31(23)17-8-4-3-5-9-17/h3-5,8-9,12-13H,6-7,10-11,15H2,1-2H3,(H,27,32). The van der Waals surface area contributed by atoms with Crippen molar-refractivity contribution in [2.75, 3.05) is 11.1 Å². The summed E-state index contributed by atoms with van der Waals surface area (Å²) >= 11 is 1.30. The Hall–Kier alpha value is -3.77. The molecule has 0 bridgehead atoms. The molecule has 1 aromatic carbocycles. The summed E-state index contributed by atoms with van der Waals surface area (Å²) in [5.41, 5.74) is 4.54. The van der Waals surface area contributed by atoms with Crippen molar-refractivity contribution in [3.63, 3.8) is 0 Å². The number of aromatic nitrogens is 4. The van der Waals surface area contributed by atoms with Crippen LogP contribution in [0.3, 0.4) is 0 Å². The number of aryl methyl sites for hydroxylation is 1. The number of nitriles is 1. The molecule has 0 saturated heterocycles. The number of thioether (sulfide) groups is 1. The third-order valence-electron chi connectivity index (χ3n) is 6.12. The highest BCUT2D eigenvalue weighted by Gasteiger charge is 2.27. The van der Waals surface area contributed by atoms with E-state index in [1.807, 2.05) is 59.5 Å². The Kier molecular flexibility index (Phi) is 5.99. The van der Waals surface area contributed by atoms with Crippen LogP contribution in [-0.2, 0) is 24.7 Å². The Balaban J connectivity index is 1.40. The van der Waals surface area contributed by atoms with E-state index in [0.29, 0.717) is 22.4 Å². The molecule has 0 spiro atoms. The van der Waals surface area contributed by atoms with Crippen LogP contribution < -0.4 is 5.32 Å². The minimum Gasteiger partial charge on any atom is -0.469 e. The van der Waals surface area contributed by atoms with Crippen LogP contribution in [0.25, 0.3) is 17.1 Å². The van der Waals surface area contributed by atoms with Gasteiger partial charge in [-0.3, -0.25) is 9.36 Å². The molecule has 4 aromatic rings. The van der Waals surface area contributed by atoms with Gasteiger partial charge in [0.25, 0.3) is 0 Å². The Bertz CT molecular complexity index is 1390. The number of furan rings is 1. The molecule has 0 saturated carbocycles. The quantitative estimate of drug-likeness (QED) is 0.410. The van der Waals surface area contributed by atoms with Crippen LogP contribution in [0.1, 0.15) is 35.4 Å². The first-order valence-electron chi connectivity index (χ1n) is 11.2. The Morgan fingerprint density at radius 2 is 2.00 bits per heavy atom. The van der Waals surface area contributed by atoms with Crippen LogP contribution in [0.2, 0.25) is 0 Å². The summed E-state index contributed by atoms with van der Waals surface area (Å²) in [4.78, 5) is 13.0. The van der Waals surface area contributed by atoms with Gasteiger partial charge in [-0.25, -0.2) is 0 Å². The van der Waals surface area contributed by atoms with Gasteiger partial charge in [0.05, 0.1) is 23.1 Å². The average Bonchev–Trinajstić information content (AvgIpc) is 3.53. The molecule has 0 fully saturated rings. The van der Waals surface area contributed by atoms with Crippen LogP contribution in [0.4, 0.5) is 5.82 Å². The molecular formula is C25H24N6O2S. The molecule has 1 N–H and O–H groups in total. The molecule has 1 aliphatic rings. The van der Waals surface area contributed by atoms with Gasteiger partial charge in [0.2, 0.25) is 5.91 Å². The maximum Gasteiger partial charge on any atom is 0.236 e. The predicted octanol–water partition coefficient (Wildman–Crippen LogP) is 4.66. The third-order valence-corrected chi connectivity index (χ3v) is 7.14. The zero-order valence-electron chi connectivity index (χ0n) is 19.0. The van der Waals surface area contributed by atoms with E-state index in [2.05, 4.69) is 21.6 Å². The summed E-state index contributed by atoms with van der Waals surface area (Å²) in [6, 6.07) is 14.1. The average molecular weight is 473 g/mol. The van der Waals surface area contributed by atoms with E-state index >= 15 is 0 Å². The smallest absolute Gasteiger partial charge is 0.236 e. The lowest BCUT2D eigenvalue weighted by molar-refractivity contribution is -0.113. The van der Waals surface area contributed by atoms with Gasteiger partial charge in [-0.1, -0.05) is 30.0 Å². The van der Waals surface area contributed by atoms with Crippen molar-refractivity contribution in [2.24, 2.45) is 7.05 Å². The summed E-state index contributed by atoms with van der Waals surface area (Å²) in [5.74, 6) is 1.95. The maximum absolute atomic E-state index is 13.0. The van der Waals surface area contributed by atoms with E-state index in [9.17, 15) is 10.1 Å². The van der Waals surface area contributed by atoms with Crippen molar-refractivity contribution in [3.8, 4) is 23.1 Å². The van der Waals surface area contributed by atoms with E-state index < -0.39 is 0 Å². The highest BCUT2D eigenvalue weighted by Crippen LogP contribution is 2.36. The number of amides is 1. The van der Waals surface area contributed by atoms with Gasteiger partial charge >= 0.3 is 0 Å². The van der Waals surface area contributed by atoms with Crippen molar-refractivity contribution in [2.45, 2.75) is 37.8 Å². The van der Waals surface area contributed by atoms with E-state index in [-0.39, 0.29) is 11.7 Å². The van der Waals surface area contributed by atoms with Gasteiger partial charge in [0.1, 0.15) is 17.6 Å². The van der Waals surface area contributed by atoms with Crippen LogP contribution in [-0.4, -0.2) is 31.0 Å². The lowest BCUT2D eigenvalue weighted by Crippen LogP contribution is -2.18. The molecule has 1 aliphatic carbocycles. The molecule has 9 heteroatoms. The molecular weight excluding hydrogens is 448 g/mol. The number of nitrogens with zero attached hydrogens (tertiary/aromatic N) is 5. The van der Waals surface area contributed by atoms with E-state index in [1.54, 1.807) is 6.26 Å². The predicted molar refractivity (Wildman–Crippen MR) is 130 cm³/mol. The fourth-order valence-electron chi connectivity index (χ4n) is 4.49. The number of benzene rings is 1. The summed E-state index contributed by atoms with van der Waals surface area (Å²) < 4.78 is 9.26. The second-order valence-corrected chi connectivity index (χ2v) is 9.17. The number of hydrogen-bond donors (Lipinski definition) is 1. The fourth-order valence-corrected chi connectivity index (χ4v) is 5.20. The molecule has 34 heavy (non-hydrogen) atoms. The summed E-state index contributed by atoms with van der Waals surface area (Å²) in [7, 11) is 1.87. The van der Waals surface area contributed by atoms with Crippen LogP contribution in [0.5, 0.6) is 0 Å². The monoisotopic (exact) mass is 472 g/mol. The molecule has 8 nitrogen and oxygen atoms in total. The number of hydrogen-bond acceptors (Lipinski definition) is 6. The first-order chi connectivity index (χ1) is 16.6. The number of carbonyl (C=O) groups is 1. The van der Waals surface area contributed by atoms with E-state index in [1.165, 1.54) is 11.8 Å². The first kappa shape index (κ1) is 22.0. The molecule has 3 heterocycles. The maximum atomic E-state index is 13.0. The minimum absolute atomic E-state index is 0.145. The molecule has 0 radical (unpaired) electrons. The van der Waals surface area contributed by atoms with Crippen molar-refractivity contribution < 1.29 is 9.21 Å². The summed E-state index contributed by atoms with van der Waals surface area (Å²) in [5, 5.41) is 22.1. The third kappa shape index (κ3) is 3.90. The highest BCUT2D eigenvalue weighted by atomic mass is 32.2. The second kappa shape index (κ2) is 9.23. The van der Waals surface area contributed by atoms with Gasteiger partial charge in [-0.15, -0.1) is 10.2 Å². The Labute approximate surface area is 201 Å². The Morgan fingerprint density at radius 1 is 1.21 bits per heavy atom. The fraction of sp³-hybridized carbons (Fsp3) is 0.280. The van der Waals surface area contributed by atoms with Crippen LogP contribution in [0.15, 0.2) is 52.2 Å². The number of rotatable bonds is 6. The van der Waals surface area contributed by atoms with Gasteiger partial charge < -0.3 is 14.3 Å². The van der Waals surface area contributed by atoms with Crippen molar-refractivity contribution >= 4 is 23.5 Å². The first-order valence-corrected chi connectivity index (χ1v) is 12.2. The van der Waals surface area contributed by atoms with Crippen molar-refractivity contribution in [1.82, 2.24) is 19.3 Å². The van der Waals surface area contributed by atoms with Gasteiger partial charge in [0, 0.05) is 18.4 Å². The minimum atomic E-state index is -0.197. The zero-order valence-corrected chi connectivity index (χ0v) is 19.9. The molecule has 0 aliphatic heterocycles. The SMILES string of the molecule is Cc1occc1-c1nnc(SCC(=O)Nc2c(C#N)c3c(n2-c2ccccc2)CCCC3)n1C.